The second kappa shape index (κ2) is 5.87. The Kier molecular flexibility index (Phi) is 3.94. The fourth-order valence-corrected chi connectivity index (χ4v) is 2.65. The predicted octanol–water partition coefficient (Wildman–Crippen LogP) is 0.354. The third-order valence-corrected chi connectivity index (χ3v) is 3.93. The molecule has 1 fully saturated rings. The highest BCUT2D eigenvalue weighted by atomic mass is 19.1. The second-order valence-electron chi connectivity index (χ2n) is 5.40. The molecule has 3 heterocycles. The smallest absolute Gasteiger partial charge is 0.270 e. The van der Waals surface area contributed by atoms with Crippen LogP contribution in [0.25, 0.3) is 11.2 Å². The number of hydrogen-bond acceptors (Lipinski definition) is 5. The SMILES string of the molecule is NC1CCN(CCn2c(=O)cnc3ccc(F)nc32)CC1. The Balaban J connectivity index is 1.81. The maximum Gasteiger partial charge on any atom is 0.270 e. The topological polar surface area (TPSA) is 77.0 Å². The fraction of sp³-hybridized carbons (Fsp3) is 0.500. The molecule has 1 aliphatic heterocycles. The highest BCUT2D eigenvalue weighted by molar-refractivity contribution is 5.69. The van der Waals surface area contributed by atoms with Crippen LogP contribution in [0, 0.1) is 5.95 Å². The van der Waals surface area contributed by atoms with Crippen molar-refractivity contribution in [3.63, 3.8) is 0 Å². The van der Waals surface area contributed by atoms with E-state index in [1.165, 1.54) is 22.9 Å². The lowest BCUT2D eigenvalue weighted by Gasteiger charge is -2.30. The van der Waals surface area contributed by atoms with E-state index >= 15 is 0 Å². The fourth-order valence-electron chi connectivity index (χ4n) is 2.65. The number of pyridine rings is 1. The summed E-state index contributed by atoms with van der Waals surface area (Å²) in [5.41, 5.74) is 6.45. The molecule has 0 atom stereocenters. The largest absolute Gasteiger partial charge is 0.328 e. The minimum atomic E-state index is -0.604. The van der Waals surface area contributed by atoms with Crippen LogP contribution in [0.1, 0.15) is 12.8 Å². The minimum absolute atomic E-state index is 0.255. The molecule has 3 rings (SSSR count). The first kappa shape index (κ1) is 14.1. The van der Waals surface area contributed by atoms with Crippen LogP contribution in [0.5, 0.6) is 0 Å². The lowest BCUT2D eigenvalue weighted by Crippen LogP contribution is -2.41. The molecule has 0 radical (unpaired) electrons. The van der Waals surface area contributed by atoms with E-state index in [1.807, 2.05) is 0 Å². The third kappa shape index (κ3) is 3.08. The van der Waals surface area contributed by atoms with Crippen molar-refractivity contribution in [2.45, 2.75) is 25.4 Å². The van der Waals surface area contributed by atoms with Crippen molar-refractivity contribution < 1.29 is 4.39 Å². The molecule has 1 aliphatic rings. The number of fused-ring (bicyclic) bond motifs is 1. The first-order chi connectivity index (χ1) is 10.1. The summed E-state index contributed by atoms with van der Waals surface area (Å²) < 4.78 is 14.8. The molecule has 0 bridgehead atoms. The Labute approximate surface area is 121 Å². The Bertz CT molecular complexity index is 693. The van der Waals surface area contributed by atoms with Gasteiger partial charge in [0.15, 0.2) is 5.65 Å². The predicted molar refractivity (Wildman–Crippen MR) is 77.4 cm³/mol. The number of aromatic nitrogens is 3. The summed E-state index contributed by atoms with van der Waals surface area (Å²) in [5.74, 6) is -0.604. The Morgan fingerprint density at radius 3 is 2.81 bits per heavy atom. The number of nitrogens with zero attached hydrogens (tertiary/aromatic N) is 4. The zero-order valence-electron chi connectivity index (χ0n) is 11.7. The van der Waals surface area contributed by atoms with Crippen molar-refractivity contribution in [2.75, 3.05) is 19.6 Å². The van der Waals surface area contributed by atoms with E-state index in [4.69, 9.17) is 5.73 Å². The van der Waals surface area contributed by atoms with E-state index in [0.717, 1.165) is 32.5 Å². The molecule has 0 saturated carbocycles. The van der Waals surface area contributed by atoms with Crippen molar-refractivity contribution in [1.82, 2.24) is 19.4 Å². The van der Waals surface area contributed by atoms with Crippen LogP contribution < -0.4 is 11.3 Å². The Morgan fingerprint density at radius 2 is 2.05 bits per heavy atom. The van der Waals surface area contributed by atoms with Gasteiger partial charge in [-0.15, -0.1) is 0 Å². The van der Waals surface area contributed by atoms with E-state index in [0.29, 0.717) is 17.7 Å². The molecular formula is C14H18FN5O. The molecule has 0 amide bonds. The van der Waals surface area contributed by atoms with Gasteiger partial charge in [0.2, 0.25) is 5.95 Å². The van der Waals surface area contributed by atoms with Gasteiger partial charge in [-0.25, -0.2) is 4.98 Å². The van der Waals surface area contributed by atoms with Gasteiger partial charge < -0.3 is 10.6 Å². The van der Waals surface area contributed by atoms with Gasteiger partial charge in [0.25, 0.3) is 5.56 Å². The van der Waals surface area contributed by atoms with E-state index < -0.39 is 5.95 Å². The third-order valence-electron chi connectivity index (χ3n) is 3.93. The van der Waals surface area contributed by atoms with Crippen molar-refractivity contribution in [3.05, 3.63) is 34.6 Å². The number of hydrogen-bond donors (Lipinski definition) is 1. The first-order valence-electron chi connectivity index (χ1n) is 7.13. The van der Waals surface area contributed by atoms with E-state index in [-0.39, 0.29) is 11.6 Å². The summed E-state index contributed by atoms with van der Waals surface area (Å²) in [5, 5.41) is 0. The lowest BCUT2D eigenvalue weighted by molar-refractivity contribution is 0.206. The molecule has 1 saturated heterocycles. The molecule has 112 valence electrons. The van der Waals surface area contributed by atoms with Crippen LogP contribution in [0.15, 0.2) is 23.1 Å². The molecule has 0 unspecified atom stereocenters. The molecule has 21 heavy (non-hydrogen) atoms. The highest BCUT2D eigenvalue weighted by Gasteiger charge is 2.16. The molecule has 0 aliphatic carbocycles. The number of likely N-dealkylation sites (tertiary alicyclic amines) is 1. The molecule has 2 aromatic rings. The van der Waals surface area contributed by atoms with Gasteiger partial charge in [0.1, 0.15) is 5.52 Å². The van der Waals surface area contributed by atoms with E-state index in [9.17, 15) is 9.18 Å². The van der Waals surface area contributed by atoms with Gasteiger partial charge in [-0.1, -0.05) is 0 Å². The molecule has 2 N–H and O–H groups in total. The summed E-state index contributed by atoms with van der Waals surface area (Å²) in [6.45, 7) is 3.06. The maximum absolute atomic E-state index is 13.3. The van der Waals surface area contributed by atoms with Crippen LogP contribution in [-0.4, -0.2) is 45.1 Å². The summed E-state index contributed by atoms with van der Waals surface area (Å²) in [7, 11) is 0. The summed E-state index contributed by atoms with van der Waals surface area (Å²) in [6, 6.07) is 3.06. The average molecular weight is 291 g/mol. The molecule has 0 aromatic carbocycles. The van der Waals surface area contributed by atoms with Crippen LogP contribution in [-0.2, 0) is 6.54 Å². The first-order valence-corrected chi connectivity index (χ1v) is 7.13. The van der Waals surface area contributed by atoms with E-state index in [1.54, 1.807) is 0 Å². The van der Waals surface area contributed by atoms with Gasteiger partial charge in [-0.2, -0.15) is 9.37 Å². The Hall–Kier alpha value is -1.86. The van der Waals surface area contributed by atoms with Crippen LogP contribution in [0.2, 0.25) is 0 Å². The quantitative estimate of drug-likeness (QED) is 0.826. The van der Waals surface area contributed by atoms with E-state index in [2.05, 4.69) is 14.9 Å². The van der Waals surface area contributed by atoms with Crippen LogP contribution in [0.3, 0.4) is 0 Å². The highest BCUT2D eigenvalue weighted by Crippen LogP contribution is 2.10. The maximum atomic E-state index is 13.3. The second-order valence-corrected chi connectivity index (χ2v) is 5.40. The molecule has 6 nitrogen and oxygen atoms in total. The molecule has 0 spiro atoms. The average Bonchev–Trinajstić information content (AvgIpc) is 2.48. The summed E-state index contributed by atoms with van der Waals surface area (Å²) >= 11 is 0. The standard InChI is InChI=1S/C14H18FN5O/c15-12-2-1-11-14(18-12)20(13(21)9-17-11)8-7-19-5-3-10(16)4-6-19/h1-2,9-10H,3-8,16H2. The van der Waals surface area contributed by atoms with Crippen molar-refractivity contribution in [1.29, 1.82) is 0 Å². The molecule has 2 aromatic heterocycles. The zero-order chi connectivity index (χ0) is 14.8. The molecule has 7 heteroatoms. The van der Waals surface area contributed by atoms with Crippen molar-refractivity contribution in [3.8, 4) is 0 Å². The summed E-state index contributed by atoms with van der Waals surface area (Å²) in [6.07, 6.45) is 3.20. The zero-order valence-corrected chi connectivity index (χ0v) is 11.7. The van der Waals surface area contributed by atoms with Gasteiger partial charge in [0.05, 0.1) is 6.20 Å². The lowest BCUT2D eigenvalue weighted by atomic mass is 10.1. The Morgan fingerprint density at radius 1 is 1.29 bits per heavy atom. The molecular weight excluding hydrogens is 273 g/mol. The van der Waals surface area contributed by atoms with Gasteiger partial charge in [-0.05, 0) is 38.1 Å². The van der Waals surface area contributed by atoms with Crippen molar-refractivity contribution in [2.24, 2.45) is 5.73 Å². The van der Waals surface area contributed by atoms with Gasteiger partial charge in [-0.3, -0.25) is 9.36 Å². The number of piperidine rings is 1. The number of rotatable bonds is 3. The minimum Gasteiger partial charge on any atom is -0.328 e. The number of nitrogens with two attached hydrogens (primary N) is 1. The van der Waals surface area contributed by atoms with Gasteiger partial charge >= 0.3 is 0 Å². The van der Waals surface area contributed by atoms with Crippen molar-refractivity contribution >= 4 is 11.2 Å². The monoisotopic (exact) mass is 291 g/mol. The normalized spacial score (nSPS) is 17.4. The number of halogens is 1. The summed E-state index contributed by atoms with van der Waals surface area (Å²) in [4.78, 5) is 22.0. The van der Waals surface area contributed by atoms with Crippen LogP contribution in [0.4, 0.5) is 4.39 Å². The van der Waals surface area contributed by atoms with Crippen LogP contribution >= 0.6 is 0 Å². The van der Waals surface area contributed by atoms with Gasteiger partial charge in [0, 0.05) is 19.1 Å².